The molecule has 0 aliphatic heterocycles. The molecule has 1 fully saturated rings. The van der Waals surface area contributed by atoms with Crippen molar-refractivity contribution in [2.24, 2.45) is 5.84 Å². The van der Waals surface area contributed by atoms with Crippen LogP contribution in [0.15, 0.2) is 29.2 Å². The molecular formula is C11H14F3N3O2S. The minimum absolute atomic E-state index is 0.173. The van der Waals surface area contributed by atoms with Gasteiger partial charge in [0.25, 0.3) is 0 Å². The Labute approximate surface area is 114 Å². The number of hydrogen-bond acceptors (Lipinski definition) is 4. The molecule has 0 aromatic heterocycles. The third-order valence-electron chi connectivity index (χ3n) is 2.92. The molecule has 2 rings (SSSR count). The largest absolute Gasteiger partial charge is 0.402 e. The summed E-state index contributed by atoms with van der Waals surface area (Å²) in [6.07, 6.45) is -3.65. The molecule has 0 atom stereocenters. The molecule has 0 spiro atoms. The number of rotatable bonds is 5. The zero-order valence-electron chi connectivity index (χ0n) is 10.4. The highest BCUT2D eigenvalue weighted by Gasteiger charge is 2.44. The van der Waals surface area contributed by atoms with Crippen molar-refractivity contribution >= 4 is 15.7 Å². The van der Waals surface area contributed by atoms with Gasteiger partial charge in [-0.25, -0.2) is 8.42 Å². The summed E-state index contributed by atoms with van der Waals surface area (Å²) < 4.78 is 62.6. The van der Waals surface area contributed by atoms with Crippen molar-refractivity contribution in [3.63, 3.8) is 0 Å². The van der Waals surface area contributed by atoms with Crippen LogP contribution in [0.1, 0.15) is 12.8 Å². The van der Waals surface area contributed by atoms with Crippen molar-refractivity contribution in [3.05, 3.63) is 24.3 Å². The minimum Gasteiger partial charge on any atom is -0.324 e. The van der Waals surface area contributed by atoms with E-state index in [2.05, 4.69) is 5.43 Å². The van der Waals surface area contributed by atoms with E-state index < -0.39 is 28.8 Å². The monoisotopic (exact) mass is 309 g/mol. The van der Waals surface area contributed by atoms with E-state index in [1.807, 2.05) is 0 Å². The fraction of sp³-hybridized carbons (Fsp3) is 0.455. The molecule has 3 N–H and O–H groups in total. The van der Waals surface area contributed by atoms with Crippen molar-refractivity contribution in [1.29, 1.82) is 0 Å². The van der Waals surface area contributed by atoms with Crippen LogP contribution >= 0.6 is 0 Å². The number of benzene rings is 1. The summed E-state index contributed by atoms with van der Waals surface area (Å²) >= 11 is 0. The highest BCUT2D eigenvalue weighted by Crippen LogP contribution is 2.34. The van der Waals surface area contributed by atoms with Crippen molar-refractivity contribution in [3.8, 4) is 0 Å². The van der Waals surface area contributed by atoms with Crippen molar-refractivity contribution < 1.29 is 21.6 Å². The Hall–Kier alpha value is -1.32. The van der Waals surface area contributed by atoms with E-state index in [1.165, 1.54) is 24.3 Å². The summed E-state index contributed by atoms with van der Waals surface area (Å²) in [6, 6.07) is 4.69. The standard InChI is InChI=1S/C11H14F3N3O2S/c12-11(13,14)7-17(9-3-4-9)20(18,19)10-5-1-8(16-15)2-6-10/h1-2,5-6,9,16H,3-4,7,15H2. The topological polar surface area (TPSA) is 75.4 Å². The predicted molar refractivity (Wildman–Crippen MR) is 67.2 cm³/mol. The Morgan fingerprint density at radius 1 is 1.25 bits per heavy atom. The maximum absolute atomic E-state index is 12.5. The fourth-order valence-electron chi connectivity index (χ4n) is 1.81. The molecule has 1 aromatic rings. The first-order chi connectivity index (χ1) is 9.24. The van der Waals surface area contributed by atoms with Crippen molar-refractivity contribution in [2.45, 2.75) is 30.0 Å². The molecule has 1 aromatic carbocycles. The van der Waals surface area contributed by atoms with Gasteiger partial charge in [-0.15, -0.1) is 0 Å². The first-order valence-electron chi connectivity index (χ1n) is 5.89. The second kappa shape index (κ2) is 5.23. The van der Waals surface area contributed by atoms with E-state index in [0.29, 0.717) is 22.8 Å². The van der Waals surface area contributed by atoms with Gasteiger partial charge in [-0.1, -0.05) is 0 Å². The molecule has 5 nitrogen and oxygen atoms in total. The molecule has 9 heteroatoms. The van der Waals surface area contributed by atoms with Crippen LogP contribution < -0.4 is 11.3 Å². The zero-order chi connectivity index (χ0) is 15.0. The number of hydrazine groups is 1. The first-order valence-corrected chi connectivity index (χ1v) is 7.33. The maximum atomic E-state index is 12.5. The first kappa shape index (κ1) is 15.1. The Kier molecular flexibility index (Phi) is 3.94. The molecule has 0 saturated heterocycles. The second-order valence-electron chi connectivity index (χ2n) is 4.57. The average molecular weight is 309 g/mol. The van der Waals surface area contributed by atoms with E-state index >= 15 is 0 Å². The molecule has 0 radical (unpaired) electrons. The quantitative estimate of drug-likeness (QED) is 0.641. The highest BCUT2D eigenvalue weighted by molar-refractivity contribution is 7.89. The smallest absolute Gasteiger partial charge is 0.324 e. The summed E-state index contributed by atoms with van der Waals surface area (Å²) in [5, 5.41) is 0. The molecule has 0 bridgehead atoms. The van der Waals surface area contributed by atoms with E-state index in [4.69, 9.17) is 5.84 Å². The predicted octanol–water partition coefficient (Wildman–Crippen LogP) is 1.69. The molecule has 1 aliphatic rings. The summed E-state index contributed by atoms with van der Waals surface area (Å²) in [4.78, 5) is -0.173. The van der Waals surface area contributed by atoms with Crippen LogP contribution in [-0.4, -0.2) is 31.5 Å². The number of anilines is 1. The normalized spacial score (nSPS) is 16.4. The molecule has 1 aliphatic carbocycles. The Morgan fingerprint density at radius 3 is 2.20 bits per heavy atom. The highest BCUT2D eigenvalue weighted by atomic mass is 32.2. The molecule has 0 amide bonds. The number of nitrogen functional groups attached to an aromatic ring is 1. The fourth-order valence-corrected chi connectivity index (χ4v) is 3.48. The Morgan fingerprint density at radius 2 is 1.80 bits per heavy atom. The third kappa shape index (κ3) is 3.41. The van der Waals surface area contributed by atoms with Gasteiger partial charge in [-0.05, 0) is 37.1 Å². The lowest BCUT2D eigenvalue weighted by atomic mass is 10.3. The van der Waals surface area contributed by atoms with Crippen LogP contribution in [0.5, 0.6) is 0 Å². The summed E-state index contributed by atoms with van der Waals surface area (Å²) in [5.74, 6) is 5.15. The van der Waals surface area contributed by atoms with Crippen LogP contribution in [-0.2, 0) is 10.0 Å². The zero-order valence-corrected chi connectivity index (χ0v) is 11.2. The number of nitrogens with zero attached hydrogens (tertiary/aromatic N) is 1. The lowest BCUT2D eigenvalue weighted by Crippen LogP contribution is -2.40. The lowest BCUT2D eigenvalue weighted by Gasteiger charge is -2.23. The summed E-state index contributed by atoms with van der Waals surface area (Å²) in [5.41, 5.74) is 2.79. The van der Waals surface area contributed by atoms with Gasteiger partial charge in [0, 0.05) is 11.7 Å². The second-order valence-corrected chi connectivity index (χ2v) is 6.46. The van der Waals surface area contributed by atoms with Crippen LogP contribution in [0.2, 0.25) is 0 Å². The van der Waals surface area contributed by atoms with Gasteiger partial charge < -0.3 is 5.43 Å². The van der Waals surface area contributed by atoms with Crippen molar-refractivity contribution in [2.75, 3.05) is 12.0 Å². The molecular weight excluding hydrogens is 295 g/mol. The number of nitrogens with one attached hydrogen (secondary N) is 1. The number of alkyl halides is 3. The average Bonchev–Trinajstić information content (AvgIpc) is 3.19. The van der Waals surface area contributed by atoms with E-state index in [1.54, 1.807) is 0 Å². The Balaban J connectivity index is 2.29. The van der Waals surface area contributed by atoms with Gasteiger partial charge in [0.05, 0.1) is 4.90 Å². The van der Waals surface area contributed by atoms with Crippen molar-refractivity contribution in [1.82, 2.24) is 4.31 Å². The van der Waals surface area contributed by atoms with Gasteiger partial charge in [0.1, 0.15) is 6.54 Å². The molecule has 112 valence electrons. The SMILES string of the molecule is NNc1ccc(S(=O)(=O)N(CC(F)(F)F)C2CC2)cc1. The maximum Gasteiger partial charge on any atom is 0.402 e. The van der Waals surface area contributed by atoms with Crippen LogP contribution in [0.3, 0.4) is 0 Å². The number of nitrogens with two attached hydrogens (primary N) is 1. The number of sulfonamides is 1. The summed E-state index contributed by atoms with van der Waals surface area (Å²) in [6.45, 7) is -1.46. The van der Waals surface area contributed by atoms with Gasteiger partial charge in [0.15, 0.2) is 0 Å². The van der Waals surface area contributed by atoms with Gasteiger partial charge in [0.2, 0.25) is 10.0 Å². The van der Waals surface area contributed by atoms with Gasteiger partial charge in [-0.2, -0.15) is 17.5 Å². The van der Waals surface area contributed by atoms with E-state index in [9.17, 15) is 21.6 Å². The summed E-state index contributed by atoms with van der Waals surface area (Å²) in [7, 11) is -4.15. The van der Waals surface area contributed by atoms with E-state index in [0.717, 1.165) is 0 Å². The van der Waals surface area contributed by atoms with Gasteiger partial charge in [-0.3, -0.25) is 5.84 Å². The molecule has 20 heavy (non-hydrogen) atoms. The number of hydrogen-bond donors (Lipinski definition) is 2. The van der Waals surface area contributed by atoms with Crippen LogP contribution in [0.4, 0.5) is 18.9 Å². The third-order valence-corrected chi connectivity index (χ3v) is 4.83. The molecule has 1 saturated carbocycles. The number of halogens is 3. The molecule has 0 unspecified atom stereocenters. The lowest BCUT2D eigenvalue weighted by molar-refractivity contribution is -0.137. The minimum atomic E-state index is -4.56. The molecule has 0 heterocycles. The van der Waals surface area contributed by atoms with Gasteiger partial charge >= 0.3 is 6.18 Å². The van der Waals surface area contributed by atoms with Crippen LogP contribution in [0.25, 0.3) is 0 Å². The Bertz CT molecular complexity index is 568. The van der Waals surface area contributed by atoms with Crippen LogP contribution in [0, 0.1) is 0 Å². The van der Waals surface area contributed by atoms with E-state index in [-0.39, 0.29) is 4.90 Å².